The quantitative estimate of drug-likeness (QED) is 0.821. The minimum atomic E-state index is -3.47. The number of aromatic nitrogens is 2. The van der Waals surface area contributed by atoms with E-state index in [0.29, 0.717) is 18.1 Å². The Morgan fingerprint density at radius 1 is 1.19 bits per heavy atom. The van der Waals surface area contributed by atoms with Crippen molar-refractivity contribution in [2.24, 2.45) is 5.92 Å². The van der Waals surface area contributed by atoms with E-state index in [9.17, 15) is 8.42 Å². The lowest BCUT2D eigenvalue weighted by atomic mass is 9.97. The fraction of sp³-hybridized carbons (Fsp3) is 0.316. The van der Waals surface area contributed by atoms with Crippen LogP contribution < -0.4 is 9.62 Å². The fourth-order valence-electron chi connectivity index (χ4n) is 3.00. The first kappa shape index (κ1) is 19.0. The number of nitrogens with one attached hydrogen (secondary N) is 1. The molecule has 1 fully saturated rings. The fourth-order valence-corrected chi connectivity index (χ4v) is 3.90. The van der Waals surface area contributed by atoms with Gasteiger partial charge in [-0.2, -0.15) is 5.26 Å². The number of sulfonamides is 1. The summed E-state index contributed by atoms with van der Waals surface area (Å²) in [4.78, 5) is 10.3. The van der Waals surface area contributed by atoms with E-state index in [4.69, 9.17) is 5.26 Å². The number of nitrogens with zero attached hydrogens (tertiary/aromatic N) is 4. The van der Waals surface area contributed by atoms with Crippen molar-refractivity contribution in [2.45, 2.75) is 12.8 Å². The average Bonchev–Trinajstić information content (AvgIpc) is 2.72. The van der Waals surface area contributed by atoms with Crippen LogP contribution in [0, 0.1) is 17.2 Å². The van der Waals surface area contributed by atoms with Crippen LogP contribution in [0.3, 0.4) is 0 Å². The van der Waals surface area contributed by atoms with E-state index in [1.165, 1.54) is 11.6 Å². The summed E-state index contributed by atoms with van der Waals surface area (Å²) >= 11 is 0. The molecule has 1 aliphatic rings. The van der Waals surface area contributed by atoms with Crippen LogP contribution in [0.4, 0.5) is 5.82 Å². The molecule has 0 amide bonds. The highest BCUT2D eigenvalue weighted by atomic mass is 32.2. The minimum Gasteiger partial charge on any atom is -0.354 e. The van der Waals surface area contributed by atoms with Gasteiger partial charge in [0.25, 0.3) is 0 Å². The average molecular weight is 383 g/mol. The van der Waals surface area contributed by atoms with Crippen LogP contribution in [-0.2, 0) is 10.0 Å². The predicted octanol–water partition coefficient (Wildman–Crippen LogP) is 2.15. The molecule has 1 aromatic heterocycles. The van der Waals surface area contributed by atoms with Crippen molar-refractivity contribution < 1.29 is 8.42 Å². The Morgan fingerprint density at radius 3 is 2.59 bits per heavy atom. The van der Waals surface area contributed by atoms with E-state index >= 15 is 0 Å². The molecule has 0 unspecified atom stereocenters. The number of rotatable bonds is 6. The Hall–Kier alpha value is -2.76. The summed E-state index contributed by atoms with van der Waals surface area (Å²) in [5.74, 6) is 0.855. The molecule has 0 atom stereocenters. The summed E-state index contributed by atoms with van der Waals surface area (Å²) in [7, 11) is -3.47. The number of hydrogen-bond acceptors (Lipinski definition) is 6. The molecule has 1 aromatic carbocycles. The van der Waals surface area contributed by atoms with Crippen molar-refractivity contribution in [3.63, 3.8) is 0 Å². The van der Waals surface area contributed by atoms with Gasteiger partial charge in [-0.1, -0.05) is 30.3 Å². The highest BCUT2D eigenvalue weighted by Gasteiger charge is 2.23. The zero-order valence-electron chi connectivity index (χ0n) is 14.8. The minimum absolute atomic E-state index is 0.253. The van der Waals surface area contributed by atoms with Crippen LogP contribution in [0.25, 0.3) is 6.08 Å². The second-order valence-corrected chi connectivity index (χ2v) is 8.03. The number of hydrogen-bond donors (Lipinski definition) is 1. The highest BCUT2D eigenvalue weighted by Crippen LogP contribution is 2.23. The van der Waals surface area contributed by atoms with Gasteiger partial charge in [-0.25, -0.2) is 23.1 Å². The zero-order chi connectivity index (χ0) is 19.1. The summed E-state index contributed by atoms with van der Waals surface area (Å²) < 4.78 is 27.0. The van der Waals surface area contributed by atoms with Crippen LogP contribution in [0.1, 0.15) is 24.1 Å². The van der Waals surface area contributed by atoms with Crippen molar-refractivity contribution in [3.05, 3.63) is 59.4 Å². The number of nitriles is 1. The smallest absolute Gasteiger partial charge is 0.233 e. The molecule has 0 saturated carbocycles. The molecule has 2 aromatic rings. The molecule has 1 aliphatic heterocycles. The Kier molecular flexibility index (Phi) is 6.16. The van der Waals surface area contributed by atoms with Gasteiger partial charge in [0.1, 0.15) is 6.07 Å². The SMILES string of the molecule is N#Cc1nccnc1N1CCC(CNS(=O)(=O)/C=C/c2ccccc2)CC1. The van der Waals surface area contributed by atoms with Crippen LogP contribution in [0.2, 0.25) is 0 Å². The van der Waals surface area contributed by atoms with Gasteiger partial charge in [-0.05, 0) is 30.4 Å². The zero-order valence-corrected chi connectivity index (χ0v) is 15.6. The van der Waals surface area contributed by atoms with E-state index in [2.05, 4.69) is 20.8 Å². The van der Waals surface area contributed by atoms with Gasteiger partial charge in [-0.3, -0.25) is 0 Å². The topological polar surface area (TPSA) is 99.0 Å². The first-order valence-electron chi connectivity index (χ1n) is 8.76. The molecule has 7 nitrogen and oxygen atoms in total. The summed E-state index contributed by atoms with van der Waals surface area (Å²) in [5.41, 5.74) is 1.16. The third-order valence-corrected chi connectivity index (χ3v) is 5.57. The van der Waals surface area contributed by atoms with Gasteiger partial charge in [-0.15, -0.1) is 0 Å². The van der Waals surface area contributed by atoms with E-state index in [-0.39, 0.29) is 5.92 Å². The van der Waals surface area contributed by atoms with E-state index in [1.54, 1.807) is 12.3 Å². The van der Waals surface area contributed by atoms with Crippen LogP contribution >= 0.6 is 0 Å². The van der Waals surface area contributed by atoms with Crippen molar-refractivity contribution >= 4 is 21.9 Å². The molecule has 140 valence electrons. The summed E-state index contributed by atoms with van der Waals surface area (Å²) in [5, 5.41) is 10.3. The van der Waals surface area contributed by atoms with Gasteiger partial charge < -0.3 is 4.90 Å². The lowest BCUT2D eigenvalue weighted by molar-refractivity contribution is 0.401. The Balaban J connectivity index is 1.51. The highest BCUT2D eigenvalue weighted by molar-refractivity contribution is 7.92. The molecule has 0 spiro atoms. The molecule has 2 heterocycles. The molecule has 3 rings (SSSR count). The molecule has 0 aliphatic carbocycles. The molecule has 1 N–H and O–H groups in total. The van der Waals surface area contributed by atoms with Crippen LogP contribution in [-0.4, -0.2) is 38.0 Å². The number of anilines is 1. The van der Waals surface area contributed by atoms with Crippen LogP contribution in [0.5, 0.6) is 0 Å². The van der Waals surface area contributed by atoms with E-state index in [0.717, 1.165) is 31.5 Å². The maximum Gasteiger partial charge on any atom is 0.233 e. The molecular weight excluding hydrogens is 362 g/mol. The summed E-state index contributed by atoms with van der Waals surface area (Å²) in [6.07, 6.45) is 6.32. The molecule has 0 bridgehead atoms. The van der Waals surface area contributed by atoms with Crippen molar-refractivity contribution in [2.75, 3.05) is 24.5 Å². The van der Waals surface area contributed by atoms with E-state index < -0.39 is 10.0 Å². The molecule has 1 saturated heterocycles. The maximum absolute atomic E-state index is 12.2. The van der Waals surface area contributed by atoms with Gasteiger partial charge in [0.2, 0.25) is 10.0 Å². The van der Waals surface area contributed by atoms with Gasteiger partial charge >= 0.3 is 0 Å². The molecule has 0 radical (unpaired) electrons. The number of piperidine rings is 1. The second-order valence-electron chi connectivity index (χ2n) is 6.38. The first-order valence-corrected chi connectivity index (χ1v) is 10.3. The standard InChI is InChI=1S/C19H21N5O2S/c20-14-18-19(22-10-9-21-18)24-11-6-17(7-12-24)15-23-27(25,26)13-8-16-4-2-1-3-5-16/h1-5,8-10,13,17,23H,6-7,11-12,15H2/b13-8+. The Morgan fingerprint density at radius 2 is 1.89 bits per heavy atom. The molecular formula is C19H21N5O2S. The monoisotopic (exact) mass is 383 g/mol. The van der Waals surface area contributed by atoms with Gasteiger partial charge in [0.05, 0.1) is 0 Å². The van der Waals surface area contributed by atoms with Crippen molar-refractivity contribution in [3.8, 4) is 6.07 Å². The molecule has 8 heteroatoms. The largest absolute Gasteiger partial charge is 0.354 e. The first-order chi connectivity index (χ1) is 13.1. The lowest BCUT2D eigenvalue weighted by Crippen LogP contribution is -2.39. The normalized spacial score (nSPS) is 15.7. The summed E-state index contributed by atoms with van der Waals surface area (Å²) in [6, 6.07) is 11.4. The predicted molar refractivity (Wildman–Crippen MR) is 104 cm³/mol. The Labute approximate surface area is 159 Å². The van der Waals surface area contributed by atoms with Gasteiger partial charge in [0, 0.05) is 37.4 Å². The van der Waals surface area contributed by atoms with Gasteiger partial charge in [0.15, 0.2) is 11.5 Å². The third-order valence-electron chi connectivity index (χ3n) is 4.51. The maximum atomic E-state index is 12.2. The lowest BCUT2D eigenvalue weighted by Gasteiger charge is -2.32. The molecule has 27 heavy (non-hydrogen) atoms. The summed E-state index contributed by atoms with van der Waals surface area (Å²) in [6.45, 7) is 1.85. The second kappa shape index (κ2) is 8.75. The van der Waals surface area contributed by atoms with Crippen molar-refractivity contribution in [1.29, 1.82) is 5.26 Å². The number of benzene rings is 1. The van der Waals surface area contributed by atoms with Crippen LogP contribution in [0.15, 0.2) is 48.1 Å². The third kappa shape index (κ3) is 5.36. The van der Waals surface area contributed by atoms with Crippen molar-refractivity contribution in [1.82, 2.24) is 14.7 Å². The van der Waals surface area contributed by atoms with E-state index in [1.807, 2.05) is 35.2 Å². The Bertz CT molecular complexity index is 930.